The summed E-state index contributed by atoms with van der Waals surface area (Å²) < 4.78 is 6.23. The highest BCUT2D eigenvalue weighted by Crippen LogP contribution is 2.47. The first-order valence-electron chi connectivity index (χ1n) is 10.0. The van der Waals surface area contributed by atoms with Gasteiger partial charge in [0.15, 0.2) is 0 Å². The molecule has 31 heavy (non-hydrogen) atoms. The van der Waals surface area contributed by atoms with Crippen molar-refractivity contribution in [3.05, 3.63) is 53.5 Å². The van der Waals surface area contributed by atoms with E-state index in [1.54, 1.807) is 20.0 Å². The van der Waals surface area contributed by atoms with Gasteiger partial charge in [-0.05, 0) is 31.9 Å². The van der Waals surface area contributed by atoms with E-state index >= 15 is 0 Å². The molecule has 2 aromatic heterocycles. The fraction of sp³-hybridized carbons (Fsp3) is 0.409. The molecule has 1 aromatic carbocycles. The van der Waals surface area contributed by atoms with Gasteiger partial charge >= 0.3 is 5.97 Å². The summed E-state index contributed by atoms with van der Waals surface area (Å²) in [6.07, 6.45) is 3.30. The van der Waals surface area contributed by atoms with Gasteiger partial charge in [-0.1, -0.05) is 24.3 Å². The van der Waals surface area contributed by atoms with Crippen LogP contribution < -0.4 is 5.32 Å². The van der Waals surface area contributed by atoms with Crippen LogP contribution in [-0.2, 0) is 27.2 Å². The van der Waals surface area contributed by atoms with Crippen molar-refractivity contribution in [2.45, 2.75) is 51.4 Å². The summed E-state index contributed by atoms with van der Waals surface area (Å²) in [7, 11) is 0. The fourth-order valence-corrected chi connectivity index (χ4v) is 4.77. The zero-order chi connectivity index (χ0) is 22.2. The molecule has 0 spiro atoms. The standard InChI is InChI=1S/C22H25N5O3S/c1-13(28)30-11-17-22(4,25-9-14-5-7-15(8-6-14)21(2,3)29)18-19-16(10-23-12-24-19)31-20(18)27-26-17/h5-8,10,12,17,25,29H,9,11H2,1-4H3. The molecule has 2 atom stereocenters. The Hall–Kier alpha value is -2.75. The Labute approximate surface area is 184 Å². The van der Waals surface area contributed by atoms with Crippen molar-refractivity contribution < 1.29 is 14.6 Å². The van der Waals surface area contributed by atoms with Crippen LogP contribution in [0.2, 0.25) is 0 Å². The minimum atomic E-state index is -0.888. The van der Waals surface area contributed by atoms with E-state index in [0.717, 1.165) is 31.9 Å². The van der Waals surface area contributed by atoms with Crippen LogP contribution in [0, 0.1) is 0 Å². The number of nitrogens with one attached hydrogen (secondary N) is 1. The van der Waals surface area contributed by atoms with Gasteiger partial charge < -0.3 is 15.2 Å². The largest absolute Gasteiger partial charge is 0.463 e. The first-order chi connectivity index (χ1) is 14.7. The van der Waals surface area contributed by atoms with Gasteiger partial charge in [-0.25, -0.2) is 9.97 Å². The summed E-state index contributed by atoms with van der Waals surface area (Å²) >= 11 is 1.49. The quantitative estimate of drug-likeness (QED) is 0.563. The highest BCUT2D eigenvalue weighted by molar-refractivity contribution is 7.22. The lowest BCUT2D eigenvalue weighted by Crippen LogP contribution is -2.51. The predicted octanol–water partition coefficient (Wildman–Crippen LogP) is 3.95. The molecule has 1 aliphatic rings. The number of esters is 1. The Morgan fingerprint density at radius 3 is 2.74 bits per heavy atom. The molecule has 0 fully saturated rings. The third-order valence-electron chi connectivity index (χ3n) is 5.57. The number of benzene rings is 1. The van der Waals surface area contributed by atoms with Gasteiger partial charge in [-0.15, -0.1) is 16.5 Å². The molecule has 3 aromatic rings. The summed E-state index contributed by atoms with van der Waals surface area (Å²) in [6, 6.07) is 7.42. The molecule has 1 aliphatic heterocycles. The highest BCUT2D eigenvalue weighted by atomic mass is 32.1. The van der Waals surface area contributed by atoms with E-state index in [9.17, 15) is 9.90 Å². The number of aromatic nitrogens is 2. The lowest BCUT2D eigenvalue weighted by atomic mass is 9.84. The minimum absolute atomic E-state index is 0.113. The smallest absolute Gasteiger partial charge is 0.302 e. The van der Waals surface area contributed by atoms with Crippen molar-refractivity contribution >= 4 is 32.5 Å². The lowest BCUT2D eigenvalue weighted by molar-refractivity contribution is -0.142. The zero-order valence-electron chi connectivity index (χ0n) is 17.9. The molecule has 2 N–H and O–H groups in total. The predicted molar refractivity (Wildman–Crippen MR) is 118 cm³/mol. The summed E-state index contributed by atoms with van der Waals surface area (Å²) in [5.74, 6) is -0.358. The van der Waals surface area contributed by atoms with Gasteiger partial charge in [-0.2, -0.15) is 5.11 Å². The van der Waals surface area contributed by atoms with Gasteiger partial charge in [0.1, 0.15) is 24.0 Å². The van der Waals surface area contributed by atoms with Gasteiger partial charge in [0.25, 0.3) is 0 Å². The average Bonchev–Trinajstić information content (AvgIpc) is 3.11. The number of nitrogens with zero attached hydrogens (tertiary/aromatic N) is 4. The van der Waals surface area contributed by atoms with Gasteiger partial charge in [0.2, 0.25) is 0 Å². The fourth-order valence-electron chi connectivity index (χ4n) is 3.70. The molecule has 4 rings (SSSR count). The van der Waals surface area contributed by atoms with Crippen LogP contribution in [0.3, 0.4) is 0 Å². The maximum atomic E-state index is 11.4. The topological polar surface area (TPSA) is 109 Å². The molecule has 2 unspecified atom stereocenters. The average molecular weight is 440 g/mol. The van der Waals surface area contributed by atoms with Gasteiger partial charge in [0.05, 0.1) is 21.4 Å². The molecular weight excluding hydrogens is 414 g/mol. The molecule has 0 saturated heterocycles. The first kappa shape index (κ1) is 21.5. The number of rotatable bonds is 6. The number of azo groups is 1. The molecule has 8 nitrogen and oxygen atoms in total. The Kier molecular flexibility index (Phi) is 5.59. The first-order valence-corrected chi connectivity index (χ1v) is 10.8. The van der Waals surface area contributed by atoms with Gasteiger partial charge in [-0.3, -0.25) is 4.79 Å². The minimum Gasteiger partial charge on any atom is -0.463 e. The Morgan fingerprint density at radius 1 is 1.32 bits per heavy atom. The number of carbonyl (C=O) groups is 1. The lowest BCUT2D eigenvalue weighted by Gasteiger charge is -2.37. The summed E-state index contributed by atoms with van der Waals surface area (Å²) in [5.41, 5.74) is 2.13. The van der Waals surface area contributed by atoms with E-state index in [1.165, 1.54) is 24.6 Å². The molecule has 0 radical (unpaired) electrons. The third kappa shape index (κ3) is 4.21. The number of fused-ring (bicyclic) bond motifs is 3. The maximum absolute atomic E-state index is 11.4. The van der Waals surface area contributed by atoms with Crippen LogP contribution in [0.15, 0.2) is 47.0 Å². The molecule has 0 aliphatic carbocycles. The highest BCUT2D eigenvalue weighted by Gasteiger charge is 2.44. The van der Waals surface area contributed by atoms with Crippen molar-refractivity contribution in [1.82, 2.24) is 15.3 Å². The monoisotopic (exact) mass is 439 g/mol. The molecule has 3 heterocycles. The number of aliphatic hydroxyl groups is 1. The van der Waals surface area contributed by atoms with E-state index in [1.807, 2.05) is 31.2 Å². The van der Waals surface area contributed by atoms with Crippen molar-refractivity contribution in [2.24, 2.45) is 10.2 Å². The van der Waals surface area contributed by atoms with Crippen molar-refractivity contribution in [2.75, 3.05) is 6.61 Å². The molecule has 162 valence electrons. The number of hydrogen-bond acceptors (Lipinski definition) is 9. The SMILES string of the molecule is CC(=O)OCC1N=Nc2sc3cncnc3c2C1(C)NCc1ccc(C(C)(C)O)cc1. The number of hydrogen-bond donors (Lipinski definition) is 2. The van der Waals surface area contributed by atoms with E-state index in [-0.39, 0.29) is 12.6 Å². The van der Waals surface area contributed by atoms with Crippen LogP contribution in [0.1, 0.15) is 44.4 Å². The summed E-state index contributed by atoms with van der Waals surface area (Å²) in [5, 5.41) is 23.4. The molecular formula is C22H25N5O3S. The van der Waals surface area contributed by atoms with Crippen LogP contribution in [0.4, 0.5) is 5.00 Å². The maximum Gasteiger partial charge on any atom is 0.302 e. The Balaban J connectivity index is 1.67. The summed E-state index contributed by atoms with van der Waals surface area (Å²) in [6.45, 7) is 7.61. The Morgan fingerprint density at radius 2 is 2.06 bits per heavy atom. The normalized spacial score (nSPS) is 20.6. The number of carbonyl (C=O) groups excluding carboxylic acids is 1. The zero-order valence-corrected chi connectivity index (χ0v) is 18.7. The van der Waals surface area contributed by atoms with E-state index in [4.69, 9.17) is 4.74 Å². The van der Waals surface area contributed by atoms with Gasteiger partial charge in [0, 0.05) is 25.2 Å². The molecule has 0 amide bonds. The van der Waals surface area contributed by atoms with Crippen LogP contribution in [0.5, 0.6) is 0 Å². The van der Waals surface area contributed by atoms with Crippen molar-refractivity contribution in [1.29, 1.82) is 0 Å². The van der Waals surface area contributed by atoms with Crippen molar-refractivity contribution in [3.8, 4) is 0 Å². The third-order valence-corrected chi connectivity index (χ3v) is 6.57. The van der Waals surface area contributed by atoms with Crippen LogP contribution in [-0.4, -0.2) is 33.7 Å². The molecule has 9 heteroatoms. The van der Waals surface area contributed by atoms with Crippen molar-refractivity contribution in [3.63, 3.8) is 0 Å². The second kappa shape index (κ2) is 8.07. The van der Waals surface area contributed by atoms with E-state index in [2.05, 4.69) is 25.5 Å². The molecule has 0 bridgehead atoms. The second-order valence-electron chi connectivity index (χ2n) is 8.36. The second-order valence-corrected chi connectivity index (χ2v) is 9.39. The Bertz CT molecular complexity index is 1140. The van der Waals surface area contributed by atoms with Crippen LogP contribution in [0.25, 0.3) is 10.2 Å². The summed E-state index contributed by atoms with van der Waals surface area (Å²) in [4.78, 5) is 20.1. The number of ether oxygens (including phenoxy) is 1. The van der Waals surface area contributed by atoms with E-state index < -0.39 is 17.2 Å². The number of thiophene rings is 1. The van der Waals surface area contributed by atoms with E-state index in [0.29, 0.717) is 6.54 Å². The van der Waals surface area contributed by atoms with Crippen LogP contribution >= 0.6 is 11.3 Å². The molecule has 0 saturated carbocycles.